The van der Waals surface area contributed by atoms with E-state index < -0.39 is 21.3 Å². The fourth-order valence-electron chi connectivity index (χ4n) is 0.892. The van der Waals surface area contributed by atoms with Gasteiger partial charge in [-0.15, -0.1) is 0 Å². The number of benzene rings is 1. The predicted molar refractivity (Wildman–Crippen MR) is 54.4 cm³/mol. The van der Waals surface area contributed by atoms with E-state index in [-0.39, 0.29) is 36.5 Å². The van der Waals surface area contributed by atoms with Gasteiger partial charge in [-0.05, 0) is 24.3 Å². The van der Waals surface area contributed by atoms with Crippen molar-refractivity contribution in [1.29, 1.82) is 0 Å². The molecule has 0 aromatic heterocycles. The summed E-state index contributed by atoms with van der Waals surface area (Å²) < 4.78 is 29.4. The molecular weight excluding hydrogens is 267 g/mol. The Kier molecular flexibility index (Phi) is 6.13. The van der Waals surface area contributed by atoms with Crippen LogP contribution in [0.25, 0.3) is 0 Å². The van der Waals surface area contributed by atoms with Crippen molar-refractivity contribution in [2.75, 3.05) is 0 Å². The summed E-state index contributed by atoms with van der Waals surface area (Å²) in [7, 11) is -4.79. The molecule has 16 heavy (non-hydrogen) atoms. The van der Waals surface area contributed by atoms with Crippen LogP contribution in [0.1, 0.15) is 11.8 Å². The summed E-state index contributed by atoms with van der Waals surface area (Å²) in [6.45, 7) is 0. The van der Waals surface area contributed by atoms with E-state index >= 15 is 0 Å². The molecule has 0 heterocycles. The van der Waals surface area contributed by atoms with Crippen LogP contribution in [0.2, 0.25) is 5.02 Å². The van der Waals surface area contributed by atoms with E-state index in [4.69, 9.17) is 21.3 Å². The number of hydrogen-bond donors (Lipinski definition) is 2. The molecule has 0 fully saturated rings. The average molecular weight is 275 g/mol. The number of aliphatic hydroxyl groups is 1. The minimum absolute atomic E-state index is 0. The quantitative estimate of drug-likeness (QED) is 0.372. The van der Waals surface area contributed by atoms with Crippen LogP contribution >= 0.6 is 11.6 Å². The smallest absolute Gasteiger partial charge is 1.00 e. The average Bonchev–Trinajstić information content (AvgIpc) is 2.15. The van der Waals surface area contributed by atoms with Crippen LogP contribution in [0.15, 0.2) is 24.3 Å². The van der Waals surface area contributed by atoms with Gasteiger partial charge in [-0.2, -0.15) is 8.42 Å². The molecule has 0 radical (unpaired) electrons. The molecule has 1 unspecified atom stereocenters. The molecular formula is C8H8ClNaO5S. The van der Waals surface area contributed by atoms with Crippen LogP contribution in [-0.2, 0) is 10.1 Å². The van der Waals surface area contributed by atoms with Gasteiger partial charge in [0.2, 0.25) is 11.2 Å². The zero-order valence-corrected chi connectivity index (χ0v) is 11.9. The molecule has 0 amide bonds. The molecule has 1 aromatic carbocycles. The van der Waals surface area contributed by atoms with Crippen LogP contribution in [0.5, 0.6) is 0 Å². The SMILES string of the molecule is O=C(c1ccc(Cl)cc1)C(O)S(=O)(=O)O.[H-].[Na+]. The van der Waals surface area contributed by atoms with Gasteiger partial charge in [0.15, 0.2) is 0 Å². The summed E-state index contributed by atoms with van der Waals surface area (Å²) in [5.74, 6) is -1.10. The van der Waals surface area contributed by atoms with Crippen LogP contribution in [-0.4, -0.2) is 29.3 Å². The second kappa shape index (κ2) is 6.11. The number of aliphatic hydroxyl groups excluding tert-OH is 1. The van der Waals surface area contributed by atoms with Crippen molar-refractivity contribution in [2.45, 2.75) is 5.44 Å². The van der Waals surface area contributed by atoms with Crippen molar-refractivity contribution in [1.82, 2.24) is 0 Å². The van der Waals surface area contributed by atoms with Crippen molar-refractivity contribution >= 4 is 27.5 Å². The predicted octanol–water partition coefficient (Wildman–Crippen LogP) is -2.15. The Labute approximate surface area is 121 Å². The first kappa shape index (κ1) is 16.1. The first-order valence-electron chi connectivity index (χ1n) is 3.76. The fourth-order valence-corrected chi connectivity index (χ4v) is 1.42. The van der Waals surface area contributed by atoms with E-state index in [0.29, 0.717) is 5.02 Å². The first-order valence-corrected chi connectivity index (χ1v) is 5.64. The monoisotopic (exact) mass is 274 g/mol. The molecule has 2 N–H and O–H groups in total. The Morgan fingerprint density at radius 1 is 1.31 bits per heavy atom. The summed E-state index contributed by atoms with van der Waals surface area (Å²) in [6.07, 6.45) is 0. The first-order chi connectivity index (χ1) is 6.82. The zero-order chi connectivity index (χ0) is 11.6. The molecule has 1 rings (SSSR count). The van der Waals surface area contributed by atoms with Gasteiger partial charge in [0.25, 0.3) is 10.1 Å². The van der Waals surface area contributed by atoms with Crippen molar-refractivity contribution in [3.63, 3.8) is 0 Å². The van der Waals surface area contributed by atoms with Crippen molar-refractivity contribution in [3.8, 4) is 0 Å². The molecule has 0 aliphatic heterocycles. The Balaban J connectivity index is 0. The Bertz CT molecular complexity index is 475. The molecule has 1 aromatic rings. The van der Waals surface area contributed by atoms with Crippen LogP contribution in [0.3, 0.4) is 0 Å². The molecule has 0 spiro atoms. The molecule has 0 aliphatic rings. The van der Waals surface area contributed by atoms with Gasteiger partial charge in [-0.25, -0.2) is 0 Å². The maximum Gasteiger partial charge on any atom is 1.00 e. The molecule has 0 saturated carbocycles. The van der Waals surface area contributed by atoms with E-state index in [9.17, 15) is 13.2 Å². The van der Waals surface area contributed by atoms with Crippen LogP contribution in [0.4, 0.5) is 0 Å². The topological polar surface area (TPSA) is 91.7 Å². The van der Waals surface area contributed by atoms with Gasteiger partial charge >= 0.3 is 29.6 Å². The Hall–Kier alpha value is 0.0500. The van der Waals surface area contributed by atoms with Gasteiger partial charge in [-0.3, -0.25) is 9.35 Å². The van der Waals surface area contributed by atoms with E-state index in [1.54, 1.807) is 0 Å². The van der Waals surface area contributed by atoms with E-state index in [1.165, 1.54) is 24.3 Å². The number of ketones is 1. The van der Waals surface area contributed by atoms with Crippen LogP contribution < -0.4 is 29.6 Å². The maximum atomic E-state index is 11.3. The van der Waals surface area contributed by atoms with E-state index in [0.717, 1.165) is 0 Å². The molecule has 8 heteroatoms. The van der Waals surface area contributed by atoms with E-state index in [2.05, 4.69) is 0 Å². The third-order valence-electron chi connectivity index (χ3n) is 1.64. The molecule has 0 aliphatic carbocycles. The minimum atomic E-state index is -4.79. The summed E-state index contributed by atoms with van der Waals surface area (Å²) >= 11 is 5.54. The maximum absolute atomic E-state index is 11.3. The van der Waals surface area contributed by atoms with Crippen molar-refractivity contribution in [2.24, 2.45) is 0 Å². The zero-order valence-electron chi connectivity index (χ0n) is 9.29. The third kappa shape index (κ3) is 4.14. The summed E-state index contributed by atoms with van der Waals surface area (Å²) in [5.41, 5.74) is -2.51. The Morgan fingerprint density at radius 2 is 1.75 bits per heavy atom. The normalized spacial score (nSPS) is 12.7. The number of carbonyl (C=O) groups excluding carboxylic acids is 1. The van der Waals surface area contributed by atoms with Crippen molar-refractivity contribution < 1.29 is 53.9 Å². The van der Waals surface area contributed by atoms with Gasteiger partial charge in [0.1, 0.15) is 0 Å². The van der Waals surface area contributed by atoms with Crippen molar-refractivity contribution in [3.05, 3.63) is 34.9 Å². The van der Waals surface area contributed by atoms with Gasteiger partial charge < -0.3 is 6.53 Å². The Morgan fingerprint density at radius 3 is 2.12 bits per heavy atom. The number of carbonyl (C=O) groups is 1. The summed E-state index contributed by atoms with van der Waals surface area (Å²) in [5, 5.41) is 9.32. The number of Topliss-reactive ketones (excluding diaryl/α,β-unsaturated/α-hetero) is 1. The third-order valence-corrected chi connectivity index (χ3v) is 2.67. The number of hydrogen-bond acceptors (Lipinski definition) is 4. The second-order valence-corrected chi connectivity index (χ2v) is 4.65. The van der Waals surface area contributed by atoms with Gasteiger partial charge in [0.05, 0.1) is 0 Å². The largest absolute Gasteiger partial charge is 1.00 e. The minimum Gasteiger partial charge on any atom is -1.00 e. The molecule has 1 atom stereocenters. The molecule has 0 saturated heterocycles. The number of halogens is 1. The molecule has 0 bridgehead atoms. The fraction of sp³-hybridized carbons (Fsp3) is 0.125. The van der Waals surface area contributed by atoms with Gasteiger partial charge in [0, 0.05) is 10.6 Å². The number of rotatable bonds is 3. The van der Waals surface area contributed by atoms with E-state index in [1.807, 2.05) is 0 Å². The van der Waals surface area contributed by atoms with Crippen LogP contribution in [0, 0.1) is 0 Å². The summed E-state index contributed by atoms with van der Waals surface area (Å²) in [6, 6.07) is 5.23. The molecule has 5 nitrogen and oxygen atoms in total. The molecule has 84 valence electrons. The van der Waals surface area contributed by atoms with Gasteiger partial charge in [-0.1, -0.05) is 11.6 Å². The second-order valence-electron chi connectivity index (χ2n) is 2.74. The standard InChI is InChI=1S/C8H7ClO5S.Na.H/c9-6-3-1-5(2-4-6)7(10)8(11)15(12,13)14;;/h1-4,8,11H,(H,12,13,14);;/q;+1;-1. The summed E-state index contributed by atoms with van der Waals surface area (Å²) in [4.78, 5) is 11.3.